The Bertz CT molecular complexity index is 778. The molecule has 1 N–H and O–H groups in total. The van der Waals surface area contributed by atoms with E-state index in [0.29, 0.717) is 17.5 Å². The predicted octanol–water partition coefficient (Wildman–Crippen LogP) is 3.23. The zero-order valence-corrected chi connectivity index (χ0v) is 16.5. The summed E-state index contributed by atoms with van der Waals surface area (Å²) in [6, 6.07) is 3.93. The number of rotatable bonds is 6. The molecular weight excluding hydrogens is 362 g/mol. The number of carbonyl (C=O) groups excluding carboxylic acids is 2. The van der Waals surface area contributed by atoms with Gasteiger partial charge in [-0.1, -0.05) is 26.7 Å². The van der Waals surface area contributed by atoms with Crippen LogP contribution in [0.1, 0.15) is 38.8 Å². The summed E-state index contributed by atoms with van der Waals surface area (Å²) in [4.78, 5) is 32.6. The highest BCUT2D eigenvalue weighted by Crippen LogP contribution is 2.29. The molecule has 1 aliphatic carbocycles. The normalized spacial score (nSPS) is 22.2. The second kappa shape index (κ2) is 9.08. The summed E-state index contributed by atoms with van der Waals surface area (Å²) in [5, 5.41) is 5.64. The number of esters is 1. The average molecular weight is 388 g/mol. The average Bonchev–Trinajstić information content (AvgIpc) is 3.13. The number of hydrogen-bond donors (Lipinski definition) is 1. The molecule has 0 aromatic carbocycles. The second-order valence-corrected chi connectivity index (χ2v) is 8.02. The number of ether oxygens (including phenoxy) is 1. The summed E-state index contributed by atoms with van der Waals surface area (Å²) in [7, 11) is 0. The highest BCUT2D eigenvalue weighted by molar-refractivity contribution is 7.13. The Morgan fingerprint density at radius 3 is 2.96 bits per heavy atom. The Morgan fingerprint density at radius 2 is 2.19 bits per heavy atom. The van der Waals surface area contributed by atoms with Gasteiger partial charge in [-0.3, -0.25) is 14.6 Å². The van der Waals surface area contributed by atoms with Crippen LogP contribution in [-0.4, -0.2) is 34.5 Å². The molecule has 6 nitrogen and oxygen atoms in total. The van der Waals surface area contributed by atoms with Crippen molar-refractivity contribution in [1.82, 2.24) is 15.3 Å². The fourth-order valence-electron chi connectivity index (χ4n) is 3.39. The van der Waals surface area contributed by atoms with Crippen LogP contribution >= 0.6 is 11.3 Å². The van der Waals surface area contributed by atoms with Gasteiger partial charge in [-0.25, -0.2) is 4.98 Å². The Morgan fingerprint density at radius 1 is 1.33 bits per heavy atom. The van der Waals surface area contributed by atoms with Crippen LogP contribution in [0.5, 0.6) is 0 Å². The first-order valence-electron chi connectivity index (χ1n) is 9.32. The molecule has 2 heterocycles. The van der Waals surface area contributed by atoms with Crippen molar-refractivity contribution in [2.45, 2.75) is 45.6 Å². The van der Waals surface area contributed by atoms with E-state index in [4.69, 9.17) is 4.74 Å². The second-order valence-electron chi connectivity index (χ2n) is 7.16. The minimum absolute atomic E-state index is 0.0565. The van der Waals surface area contributed by atoms with E-state index in [1.165, 1.54) is 17.8 Å². The van der Waals surface area contributed by atoms with Gasteiger partial charge < -0.3 is 10.1 Å². The maximum atomic E-state index is 12.1. The Kier molecular flexibility index (Phi) is 6.55. The SMILES string of the molecule is C[C@@H]1[C@H](C)CCC[C@H]1NC(=O)COC(=O)Cc1csc(-c2cccnc2)n1. The van der Waals surface area contributed by atoms with Crippen molar-refractivity contribution in [3.63, 3.8) is 0 Å². The summed E-state index contributed by atoms with van der Waals surface area (Å²) in [6.45, 7) is 4.15. The fourth-order valence-corrected chi connectivity index (χ4v) is 4.20. The number of nitrogens with one attached hydrogen (secondary N) is 1. The summed E-state index contributed by atoms with van der Waals surface area (Å²) in [5.41, 5.74) is 1.55. The number of hydrogen-bond acceptors (Lipinski definition) is 6. The van der Waals surface area contributed by atoms with Crippen LogP contribution in [0.2, 0.25) is 0 Å². The van der Waals surface area contributed by atoms with Crippen LogP contribution in [0.3, 0.4) is 0 Å². The van der Waals surface area contributed by atoms with Crippen LogP contribution in [0.15, 0.2) is 29.9 Å². The van der Waals surface area contributed by atoms with E-state index < -0.39 is 5.97 Å². The molecule has 1 fully saturated rings. The molecule has 1 aliphatic rings. The molecule has 0 radical (unpaired) electrons. The largest absolute Gasteiger partial charge is 0.455 e. The molecule has 3 rings (SSSR count). The van der Waals surface area contributed by atoms with Gasteiger partial charge in [0.25, 0.3) is 5.91 Å². The van der Waals surface area contributed by atoms with Crippen molar-refractivity contribution >= 4 is 23.2 Å². The number of pyridine rings is 1. The summed E-state index contributed by atoms with van der Waals surface area (Å²) in [5.74, 6) is 0.367. The predicted molar refractivity (Wildman–Crippen MR) is 104 cm³/mol. The molecule has 2 aromatic rings. The lowest BCUT2D eigenvalue weighted by atomic mass is 9.78. The molecule has 144 valence electrons. The molecule has 1 saturated carbocycles. The summed E-state index contributed by atoms with van der Waals surface area (Å²) in [6.07, 6.45) is 6.81. The van der Waals surface area contributed by atoms with Gasteiger partial charge in [-0.05, 0) is 30.4 Å². The number of thiazole rings is 1. The lowest BCUT2D eigenvalue weighted by Crippen LogP contribution is -2.45. The number of aromatic nitrogens is 2. The van der Waals surface area contributed by atoms with E-state index in [1.807, 2.05) is 17.5 Å². The monoisotopic (exact) mass is 387 g/mol. The molecule has 0 unspecified atom stereocenters. The molecule has 2 aromatic heterocycles. The fraction of sp³-hybridized carbons (Fsp3) is 0.500. The van der Waals surface area contributed by atoms with Crippen LogP contribution < -0.4 is 5.32 Å². The molecule has 0 aliphatic heterocycles. The minimum atomic E-state index is -0.446. The van der Waals surface area contributed by atoms with Crippen LogP contribution in [0, 0.1) is 11.8 Å². The van der Waals surface area contributed by atoms with E-state index in [2.05, 4.69) is 29.1 Å². The van der Waals surface area contributed by atoms with Gasteiger partial charge in [0.1, 0.15) is 5.01 Å². The molecule has 0 bridgehead atoms. The van der Waals surface area contributed by atoms with E-state index >= 15 is 0 Å². The summed E-state index contributed by atoms with van der Waals surface area (Å²) < 4.78 is 5.13. The smallest absolute Gasteiger partial charge is 0.312 e. The minimum Gasteiger partial charge on any atom is -0.455 e. The number of carbonyl (C=O) groups is 2. The third-order valence-electron chi connectivity index (χ3n) is 5.20. The first-order valence-corrected chi connectivity index (χ1v) is 10.2. The van der Waals surface area contributed by atoms with E-state index in [9.17, 15) is 9.59 Å². The molecule has 0 saturated heterocycles. The zero-order chi connectivity index (χ0) is 19.2. The zero-order valence-electron chi connectivity index (χ0n) is 15.7. The van der Waals surface area contributed by atoms with Crippen molar-refractivity contribution in [3.05, 3.63) is 35.6 Å². The highest BCUT2D eigenvalue weighted by atomic mass is 32.1. The summed E-state index contributed by atoms with van der Waals surface area (Å²) >= 11 is 1.45. The van der Waals surface area contributed by atoms with Gasteiger partial charge in [0.05, 0.1) is 12.1 Å². The van der Waals surface area contributed by atoms with E-state index in [-0.39, 0.29) is 25.0 Å². The van der Waals surface area contributed by atoms with Gasteiger partial charge in [0, 0.05) is 29.4 Å². The number of amides is 1. The van der Waals surface area contributed by atoms with Crippen molar-refractivity contribution in [1.29, 1.82) is 0 Å². The first kappa shape index (κ1) is 19.5. The Balaban J connectivity index is 1.44. The van der Waals surface area contributed by atoms with Crippen LogP contribution in [0.4, 0.5) is 0 Å². The van der Waals surface area contributed by atoms with Crippen molar-refractivity contribution in [2.75, 3.05) is 6.61 Å². The van der Waals surface area contributed by atoms with Gasteiger partial charge in [0.15, 0.2) is 6.61 Å². The highest BCUT2D eigenvalue weighted by Gasteiger charge is 2.28. The quantitative estimate of drug-likeness (QED) is 0.770. The molecular formula is C20H25N3O3S. The van der Waals surface area contributed by atoms with Gasteiger partial charge >= 0.3 is 5.97 Å². The van der Waals surface area contributed by atoms with Crippen LogP contribution in [-0.2, 0) is 20.7 Å². The van der Waals surface area contributed by atoms with Crippen molar-refractivity contribution in [2.24, 2.45) is 11.8 Å². The molecule has 0 spiro atoms. The van der Waals surface area contributed by atoms with E-state index in [0.717, 1.165) is 23.4 Å². The topological polar surface area (TPSA) is 81.2 Å². The van der Waals surface area contributed by atoms with Gasteiger partial charge in [0.2, 0.25) is 0 Å². The molecule has 7 heteroatoms. The number of nitrogens with zero attached hydrogens (tertiary/aromatic N) is 2. The van der Waals surface area contributed by atoms with Crippen molar-refractivity contribution in [3.8, 4) is 10.6 Å². The van der Waals surface area contributed by atoms with Gasteiger partial charge in [-0.15, -0.1) is 11.3 Å². The van der Waals surface area contributed by atoms with Crippen molar-refractivity contribution < 1.29 is 14.3 Å². The lowest BCUT2D eigenvalue weighted by molar-refractivity contribution is -0.148. The molecule has 27 heavy (non-hydrogen) atoms. The van der Waals surface area contributed by atoms with E-state index in [1.54, 1.807) is 12.4 Å². The third kappa shape index (κ3) is 5.35. The van der Waals surface area contributed by atoms with Crippen LogP contribution in [0.25, 0.3) is 10.6 Å². The maximum Gasteiger partial charge on any atom is 0.312 e. The third-order valence-corrected chi connectivity index (χ3v) is 6.14. The molecule has 3 atom stereocenters. The Hall–Kier alpha value is -2.28. The van der Waals surface area contributed by atoms with Gasteiger partial charge in [-0.2, -0.15) is 0 Å². The Labute approximate surface area is 163 Å². The standard InChI is InChI=1S/C20H25N3O3S/c1-13-5-3-7-17(14(13)2)23-18(24)11-26-19(25)9-16-12-27-20(22-16)15-6-4-8-21-10-15/h4,6,8,10,12-14,17H,3,5,7,9,11H2,1-2H3,(H,23,24)/t13-,14-,17-/m1/s1. The molecule has 1 amide bonds. The first-order chi connectivity index (χ1) is 13.0. The lowest BCUT2D eigenvalue weighted by Gasteiger charge is -2.34. The maximum absolute atomic E-state index is 12.1.